The number of rotatable bonds is 5. The normalized spacial score (nSPS) is 10.7. The van der Waals surface area contributed by atoms with Gasteiger partial charge in [0.15, 0.2) is 0 Å². The lowest BCUT2D eigenvalue weighted by Gasteiger charge is -2.08. The smallest absolute Gasteiger partial charge is 0.263 e. The molecule has 0 saturated heterocycles. The van der Waals surface area contributed by atoms with E-state index in [1.807, 2.05) is 48.5 Å². The molecule has 2 aromatic heterocycles. The number of hydrogen-bond donors (Lipinski definition) is 1. The summed E-state index contributed by atoms with van der Waals surface area (Å²) >= 11 is 0. The Morgan fingerprint density at radius 2 is 1.73 bits per heavy atom. The van der Waals surface area contributed by atoms with Gasteiger partial charge in [-0.05, 0) is 36.4 Å². The van der Waals surface area contributed by atoms with E-state index in [2.05, 4.69) is 20.4 Å². The molecule has 4 aromatic rings. The minimum atomic E-state index is 0.411. The van der Waals surface area contributed by atoms with Crippen molar-refractivity contribution in [3.63, 3.8) is 0 Å². The Morgan fingerprint density at radius 3 is 2.50 bits per heavy atom. The zero-order valence-electron chi connectivity index (χ0n) is 14.3. The van der Waals surface area contributed by atoms with Gasteiger partial charge in [-0.1, -0.05) is 17.3 Å². The van der Waals surface area contributed by atoms with Crippen LogP contribution in [0.15, 0.2) is 59.4 Å². The van der Waals surface area contributed by atoms with Gasteiger partial charge in [-0.25, -0.2) is 4.98 Å². The van der Waals surface area contributed by atoms with Gasteiger partial charge in [0.1, 0.15) is 34.7 Å². The summed E-state index contributed by atoms with van der Waals surface area (Å²) in [7, 11) is 3.26. The van der Waals surface area contributed by atoms with E-state index in [4.69, 9.17) is 14.0 Å². The van der Waals surface area contributed by atoms with Gasteiger partial charge in [-0.3, -0.25) is 0 Å². The molecule has 0 radical (unpaired) electrons. The standard InChI is InChI=1S/C19H16N4O3/c1-24-14-8-6-13(7-9-14)22-18-16-17(23-26-19(16)21-11-20-18)12-4-3-5-15(10-12)25-2/h3-11H,1-2H3,(H,20,21,22). The van der Waals surface area contributed by atoms with Crippen molar-refractivity contribution in [3.05, 3.63) is 54.9 Å². The number of fused-ring (bicyclic) bond motifs is 1. The molecule has 7 heteroatoms. The Balaban J connectivity index is 1.78. The highest BCUT2D eigenvalue weighted by atomic mass is 16.5. The Kier molecular flexibility index (Phi) is 4.10. The van der Waals surface area contributed by atoms with Gasteiger partial charge in [-0.2, -0.15) is 4.98 Å². The van der Waals surface area contributed by atoms with Crippen LogP contribution in [0.3, 0.4) is 0 Å². The number of aromatic nitrogens is 3. The number of anilines is 2. The van der Waals surface area contributed by atoms with Gasteiger partial charge < -0.3 is 19.3 Å². The molecule has 1 N–H and O–H groups in total. The first kappa shape index (κ1) is 15.9. The van der Waals surface area contributed by atoms with Crippen LogP contribution in [-0.2, 0) is 0 Å². The van der Waals surface area contributed by atoms with Gasteiger partial charge in [0.2, 0.25) is 0 Å². The molecule has 0 aliphatic rings. The molecule has 2 aromatic carbocycles. The zero-order chi connectivity index (χ0) is 17.9. The molecule has 0 bridgehead atoms. The van der Waals surface area contributed by atoms with Crippen LogP contribution in [0.25, 0.3) is 22.4 Å². The Labute approximate surface area is 149 Å². The van der Waals surface area contributed by atoms with E-state index in [0.717, 1.165) is 22.7 Å². The van der Waals surface area contributed by atoms with E-state index in [-0.39, 0.29) is 0 Å². The van der Waals surface area contributed by atoms with Gasteiger partial charge in [0.05, 0.1) is 14.2 Å². The predicted molar refractivity (Wildman–Crippen MR) is 97.9 cm³/mol. The van der Waals surface area contributed by atoms with Gasteiger partial charge in [-0.15, -0.1) is 0 Å². The Morgan fingerprint density at radius 1 is 0.923 bits per heavy atom. The van der Waals surface area contributed by atoms with Crippen LogP contribution >= 0.6 is 0 Å². The van der Waals surface area contributed by atoms with Crippen LogP contribution in [0.2, 0.25) is 0 Å². The quantitative estimate of drug-likeness (QED) is 0.582. The van der Waals surface area contributed by atoms with Gasteiger partial charge in [0, 0.05) is 11.3 Å². The highest BCUT2D eigenvalue weighted by Gasteiger charge is 2.17. The van der Waals surface area contributed by atoms with Crippen LogP contribution in [0, 0.1) is 0 Å². The highest BCUT2D eigenvalue weighted by molar-refractivity contribution is 5.98. The number of ether oxygens (including phenoxy) is 2. The molecule has 0 aliphatic carbocycles. The van der Waals surface area contributed by atoms with Crippen LogP contribution in [-0.4, -0.2) is 29.3 Å². The maximum atomic E-state index is 5.39. The second kappa shape index (κ2) is 6.72. The summed E-state index contributed by atoms with van der Waals surface area (Å²) in [6.07, 6.45) is 1.44. The minimum absolute atomic E-state index is 0.411. The molecule has 0 aliphatic heterocycles. The molecule has 0 spiro atoms. The molecular weight excluding hydrogens is 332 g/mol. The minimum Gasteiger partial charge on any atom is -0.497 e. The van der Waals surface area contributed by atoms with E-state index < -0.39 is 0 Å². The van der Waals surface area contributed by atoms with E-state index in [1.54, 1.807) is 14.2 Å². The van der Waals surface area contributed by atoms with E-state index >= 15 is 0 Å². The van der Waals surface area contributed by atoms with Crippen molar-refractivity contribution >= 4 is 22.6 Å². The number of benzene rings is 2. The molecule has 0 atom stereocenters. The highest BCUT2D eigenvalue weighted by Crippen LogP contribution is 2.34. The fourth-order valence-corrected chi connectivity index (χ4v) is 2.66. The third-order valence-corrected chi connectivity index (χ3v) is 3.97. The van der Waals surface area contributed by atoms with Crippen LogP contribution < -0.4 is 14.8 Å². The molecule has 0 amide bonds. The Bertz CT molecular complexity index is 1040. The molecule has 26 heavy (non-hydrogen) atoms. The molecule has 130 valence electrons. The summed E-state index contributed by atoms with van der Waals surface area (Å²) in [6.45, 7) is 0. The van der Waals surface area contributed by atoms with Gasteiger partial charge in [0.25, 0.3) is 5.71 Å². The molecule has 0 unspecified atom stereocenters. The second-order valence-corrected chi connectivity index (χ2v) is 5.52. The number of methoxy groups -OCH3 is 2. The molecule has 2 heterocycles. The van der Waals surface area contributed by atoms with E-state index in [0.29, 0.717) is 22.6 Å². The first-order chi connectivity index (χ1) is 12.8. The molecule has 4 rings (SSSR count). The molecule has 7 nitrogen and oxygen atoms in total. The number of nitrogens with one attached hydrogen (secondary N) is 1. The average molecular weight is 348 g/mol. The van der Waals surface area contributed by atoms with Crippen molar-refractivity contribution in [3.8, 4) is 22.8 Å². The average Bonchev–Trinajstić information content (AvgIpc) is 3.14. The summed E-state index contributed by atoms with van der Waals surface area (Å²) in [5, 5.41) is 8.17. The third kappa shape index (κ3) is 2.90. The maximum absolute atomic E-state index is 5.39. The Hall–Kier alpha value is -3.61. The van der Waals surface area contributed by atoms with Crippen molar-refractivity contribution in [2.45, 2.75) is 0 Å². The van der Waals surface area contributed by atoms with E-state index in [9.17, 15) is 0 Å². The van der Waals surface area contributed by atoms with Crippen molar-refractivity contribution in [1.82, 2.24) is 15.1 Å². The lowest BCUT2D eigenvalue weighted by atomic mass is 10.1. The van der Waals surface area contributed by atoms with Crippen molar-refractivity contribution < 1.29 is 14.0 Å². The fraction of sp³-hybridized carbons (Fsp3) is 0.105. The SMILES string of the molecule is COc1ccc(Nc2ncnc3onc(-c4cccc(OC)c4)c23)cc1. The maximum Gasteiger partial charge on any atom is 0.263 e. The lowest BCUT2D eigenvalue weighted by Crippen LogP contribution is -1.96. The van der Waals surface area contributed by atoms with Crippen LogP contribution in [0.4, 0.5) is 11.5 Å². The second-order valence-electron chi connectivity index (χ2n) is 5.52. The topological polar surface area (TPSA) is 82.3 Å². The molecular formula is C19H16N4O3. The van der Waals surface area contributed by atoms with Crippen LogP contribution in [0.5, 0.6) is 11.5 Å². The third-order valence-electron chi connectivity index (χ3n) is 3.97. The van der Waals surface area contributed by atoms with Crippen LogP contribution in [0.1, 0.15) is 0 Å². The largest absolute Gasteiger partial charge is 0.497 e. The summed E-state index contributed by atoms with van der Waals surface area (Å²) in [5.41, 5.74) is 2.78. The van der Waals surface area contributed by atoms with Crippen molar-refractivity contribution in [2.75, 3.05) is 19.5 Å². The zero-order valence-corrected chi connectivity index (χ0v) is 14.3. The summed E-state index contributed by atoms with van der Waals surface area (Å²) in [6, 6.07) is 15.2. The molecule has 0 saturated carbocycles. The van der Waals surface area contributed by atoms with Crippen molar-refractivity contribution in [2.24, 2.45) is 0 Å². The summed E-state index contributed by atoms with van der Waals surface area (Å²) < 4.78 is 15.9. The number of nitrogens with zero attached hydrogens (tertiary/aromatic N) is 3. The number of hydrogen-bond acceptors (Lipinski definition) is 7. The summed E-state index contributed by atoms with van der Waals surface area (Å²) in [4.78, 5) is 8.53. The monoisotopic (exact) mass is 348 g/mol. The first-order valence-corrected chi connectivity index (χ1v) is 7.94. The van der Waals surface area contributed by atoms with Gasteiger partial charge >= 0.3 is 0 Å². The fourth-order valence-electron chi connectivity index (χ4n) is 2.66. The summed E-state index contributed by atoms with van der Waals surface area (Å²) in [5.74, 6) is 2.13. The predicted octanol–water partition coefficient (Wildman–Crippen LogP) is 4.05. The first-order valence-electron chi connectivity index (χ1n) is 7.94. The lowest BCUT2D eigenvalue weighted by molar-refractivity contribution is 0.414. The van der Waals surface area contributed by atoms with E-state index in [1.165, 1.54) is 6.33 Å². The van der Waals surface area contributed by atoms with Crippen molar-refractivity contribution in [1.29, 1.82) is 0 Å². The molecule has 0 fully saturated rings.